The van der Waals surface area contributed by atoms with E-state index in [9.17, 15) is 18.0 Å². The van der Waals surface area contributed by atoms with Crippen molar-refractivity contribution in [1.82, 2.24) is 30.0 Å². The zero-order valence-electron chi connectivity index (χ0n) is 11.4. The summed E-state index contributed by atoms with van der Waals surface area (Å²) < 4.78 is 37.8. The zero-order valence-corrected chi connectivity index (χ0v) is 11.4. The van der Waals surface area contributed by atoms with Crippen molar-refractivity contribution in [3.63, 3.8) is 0 Å². The highest BCUT2D eigenvalue weighted by Gasteiger charge is 2.35. The van der Waals surface area contributed by atoms with E-state index in [1.165, 1.54) is 6.33 Å². The first kappa shape index (κ1) is 14.5. The highest BCUT2D eigenvalue weighted by Crippen LogP contribution is 2.31. The number of piperidine rings is 1. The van der Waals surface area contributed by atoms with Crippen LogP contribution in [0.25, 0.3) is 0 Å². The number of carbonyl (C=O) groups is 1. The number of hydrogen-bond donors (Lipinski definition) is 2. The molecule has 3 rings (SSSR count). The number of halogens is 3. The average molecular weight is 314 g/mol. The van der Waals surface area contributed by atoms with Crippen LogP contribution in [0.15, 0.2) is 12.5 Å². The molecule has 22 heavy (non-hydrogen) atoms. The largest absolute Gasteiger partial charge is 0.432 e. The van der Waals surface area contributed by atoms with Gasteiger partial charge in [0.25, 0.3) is 5.91 Å². The molecule has 0 radical (unpaired) electrons. The Bertz CT molecular complexity index is 650. The first-order chi connectivity index (χ1) is 10.4. The molecule has 0 aromatic carbocycles. The molecular weight excluding hydrogens is 301 g/mol. The van der Waals surface area contributed by atoms with Crippen LogP contribution in [0.3, 0.4) is 0 Å². The Kier molecular flexibility index (Phi) is 3.59. The van der Waals surface area contributed by atoms with Crippen LogP contribution in [0.2, 0.25) is 0 Å². The maximum Gasteiger partial charge on any atom is 0.432 e. The molecule has 3 heterocycles. The smallest absolute Gasteiger partial charge is 0.338 e. The molecule has 0 saturated carbocycles. The Labute approximate surface area is 123 Å². The summed E-state index contributed by atoms with van der Waals surface area (Å²) in [5.41, 5.74) is -0.874. The molecule has 1 atom stereocenters. The van der Waals surface area contributed by atoms with Crippen molar-refractivity contribution in [1.29, 1.82) is 0 Å². The number of aromatic nitrogens is 5. The molecule has 1 amide bonds. The molecule has 0 spiro atoms. The summed E-state index contributed by atoms with van der Waals surface area (Å²) in [6.45, 7) is 0.827. The topological polar surface area (TPSA) is 90.6 Å². The molecule has 0 aliphatic carbocycles. The van der Waals surface area contributed by atoms with E-state index < -0.39 is 11.9 Å². The summed E-state index contributed by atoms with van der Waals surface area (Å²) in [7, 11) is 0. The molecule has 2 aromatic heterocycles. The molecule has 0 unspecified atom stereocenters. The minimum atomic E-state index is -4.45. The molecule has 0 bridgehead atoms. The number of nitrogens with zero attached hydrogens (tertiary/aromatic N) is 4. The molecule has 118 valence electrons. The molecule has 10 heteroatoms. The highest BCUT2D eigenvalue weighted by atomic mass is 19.4. The molecule has 1 fully saturated rings. The van der Waals surface area contributed by atoms with Crippen LogP contribution in [0.5, 0.6) is 0 Å². The fraction of sp³-hybridized carbons (Fsp3) is 0.500. The van der Waals surface area contributed by atoms with Gasteiger partial charge in [-0.1, -0.05) is 0 Å². The number of alkyl halides is 3. The fourth-order valence-electron chi connectivity index (χ4n) is 2.53. The van der Waals surface area contributed by atoms with E-state index in [0.29, 0.717) is 25.9 Å². The van der Waals surface area contributed by atoms with Crippen LogP contribution >= 0.6 is 0 Å². The van der Waals surface area contributed by atoms with Gasteiger partial charge >= 0.3 is 6.18 Å². The Morgan fingerprint density at radius 1 is 1.36 bits per heavy atom. The van der Waals surface area contributed by atoms with Gasteiger partial charge in [0.15, 0.2) is 0 Å². The molecule has 1 aliphatic rings. The quantitative estimate of drug-likeness (QED) is 0.880. The lowest BCUT2D eigenvalue weighted by atomic mass is 9.97. The minimum Gasteiger partial charge on any atom is -0.338 e. The summed E-state index contributed by atoms with van der Waals surface area (Å²) in [6, 6.07) is 0. The number of amides is 1. The van der Waals surface area contributed by atoms with Crippen LogP contribution in [-0.2, 0) is 6.18 Å². The number of likely N-dealkylation sites (tertiary alicyclic amines) is 1. The number of imidazole rings is 1. The summed E-state index contributed by atoms with van der Waals surface area (Å²) in [6.07, 6.45) is -1.07. The van der Waals surface area contributed by atoms with Crippen LogP contribution in [0.4, 0.5) is 13.2 Å². The number of aromatic amines is 2. The van der Waals surface area contributed by atoms with Crippen LogP contribution in [0.1, 0.15) is 40.9 Å². The van der Waals surface area contributed by atoms with Crippen molar-refractivity contribution >= 4 is 5.91 Å². The van der Waals surface area contributed by atoms with Crippen molar-refractivity contribution in [2.75, 3.05) is 13.1 Å². The molecule has 7 nitrogen and oxygen atoms in total. The van der Waals surface area contributed by atoms with E-state index in [4.69, 9.17) is 0 Å². The van der Waals surface area contributed by atoms with E-state index in [2.05, 4.69) is 25.1 Å². The summed E-state index contributed by atoms with van der Waals surface area (Å²) in [5.74, 6) is -0.194. The Morgan fingerprint density at radius 3 is 2.82 bits per heavy atom. The predicted octanol–water partition coefficient (Wildman–Crippen LogP) is 1.57. The normalized spacial score (nSPS) is 19.4. The Morgan fingerprint density at radius 2 is 2.18 bits per heavy atom. The van der Waals surface area contributed by atoms with Crippen LogP contribution in [-0.4, -0.2) is 49.0 Å². The van der Waals surface area contributed by atoms with Gasteiger partial charge in [-0.2, -0.15) is 18.3 Å². The van der Waals surface area contributed by atoms with Gasteiger partial charge in [-0.25, -0.2) is 9.97 Å². The number of rotatable bonds is 2. The van der Waals surface area contributed by atoms with Crippen molar-refractivity contribution in [2.45, 2.75) is 24.9 Å². The number of hydrogen-bond acceptors (Lipinski definition) is 4. The van der Waals surface area contributed by atoms with E-state index in [1.54, 1.807) is 4.90 Å². The standard InChI is InChI=1S/C12H13F3N6O/c13-12(14,15)8-4-16-9(19-8)7-2-1-3-21(5-7)11(22)10-17-6-18-20-10/h4,6-7H,1-3,5H2,(H,16,19)(H,17,18,20)/t7-/m0/s1. The van der Waals surface area contributed by atoms with E-state index >= 15 is 0 Å². The lowest BCUT2D eigenvalue weighted by Crippen LogP contribution is -2.39. The summed E-state index contributed by atoms with van der Waals surface area (Å²) >= 11 is 0. The predicted molar refractivity (Wildman–Crippen MR) is 67.9 cm³/mol. The first-order valence-electron chi connectivity index (χ1n) is 6.72. The lowest BCUT2D eigenvalue weighted by Gasteiger charge is -2.31. The van der Waals surface area contributed by atoms with Gasteiger partial charge in [0, 0.05) is 19.0 Å². The minimum absolute atomic E-state index is 0.121. The molecule has 1 aliphatic heterocycles. The van der Waals surface area contributed by atoms with Crippen molar-refractivity contribution in [2.24, 2.45) is 0 Å². The fourth-order valence-corrected chi connectivity index (χ4v) is 2.53. The second-order valence-corrected chi connectivity index (χ2v) is 5.10. The molecular formula is C12H13F3N6O. The van der Waals surface area contributed by atoms with Gasteiger partial charge in [-0.3, -0.25) is 9.89 Å². The second kappa shape index (κ2) is 5.43. The second-order valence-electron chi connectivity index (χ2n) is 5.10. The van der Waals surface area contributed by atoms with Crippen LogP contribution < -0.4 is 0 Å². The van der Waals surface area contributed by atoms with E-state index in [1.807, 2.05) is 0 Å². The SMILES string of the molecule is O=C(c1ncn[nH]1)N1CCC[C@H](c2ncc(C(F)(F)F)[nH]2)C1. The summed E-state index contributed by atoms with van der Waals surface area (Å²) in [5, 5.41) is 6.11. The number of carbonyl (C=O) groups excluding carboxylic acids is 1. The van der Waals surface area contributed by atoms with Gasteiger partial charge in [0.1, 0.15) is 17.8 Å². The zero-order chi connectivity index (χ0) is 15.7. The van der Waals surface area contributed by atoms with Crippen molar-refractivity contribution in [3.05, 3.63) is 29.9 Å². The highest BCUT2D eigenvalue weighted by molar-refractivity contribution is 5.90. The van der Waals surface area contributed by atoms with Crippen molar-refractivity contribution in [3.8, 4) is 0 Å². The first-order valence-corrected chi connectivity index (χ1v) is 6.72. The molecule has 2 N–H and O–H groups in total. The Balaban J connectivity index is 1.73. The molecule has 1 saturated heterocycles. The van der Waals surface area contributed by atoms with Gasteiger partial charge in [0.2, 0.25) is 5.82 Å². The van der Waals surface area contributed by atoms with Crippen molar-refractivity contribution < 1.29 is 18.0 Å². The number of H-pyrrole nitrogens is 2. The van der Waals surface area contributed by atoms with Gasteiger partial charge in [-0.15, -0.1) is 0 Å². The Hall–Kier alpha value is -2.39. The maximum atomic E-state index is 12.6. The third-order valence-corrected chi connectivity index (χ3v) is 3.61. The summed E-state index contributed by atoms with van der Waals surface area (Å²) in [4.78, 5) is 23.6. The maximum absolute atomic E-state index is 12.6. The number of nitrogens with one attached hydrogen (secondary N) is 2. The molecule has 2 aromatic rings. The van der Waals surface area contributed by atoms with Gasteiger partial charge in [-0.05, 0) is 12.8 Å². The van der Waals surface area contributed by atoms with Gasteiger partial charge in [0.05, 0.1) is 6.20 Å². The monoisotopic (exact) mass is 314 g/mol. The van der Waals surface area contributed by atoms with Crippen LogP contribution in [0, 0.1) is 0 Å². The third-order valence-electron chi connectivity index (χ3n) is 3.61. The van der Waals surface area contributed by atoms with Gasteiger partial charge < -0.3 is 9.88 Å². The third kappa shape index (κ3) is 2.81. The van der Waals surface area contributed by atoms with E-state index in [-0.39, 0.29) is 23.5 Å². The van der Waals surface area contributed by atoms with E-state index in [0.717, 1.165) is 6.20 Å². The average Bonchev–Trinajstić information content (AvgIpc) is 3.17. The lowest BCUT2D eigenvalue weighted by molar-refractivity contribution is -0.141.